The Bertz CT molecular complexity index is 1400. The standard InChI is InChI=1S/C29H29FN2O3/c1-4-35-27-16-21-18(13-26(27)34-3)11-12-32-25(21)15-23-22-14-20(33-2)9-10-24(22)31-28(23)29(32)17-5-7-19(30)8-6-17/h5-10,13-14,16,25,29,31H,4,11-12,15H2,1-3H3. The first-order chi connectivity index (χ1) is 17.1. The van der Waals surface area contributed by atoms with Crippen LogP contribution in [-0.2, 0) is 12.8 Å². The van der Waals surface area contributed by atoms with Crippen LogP contribution in [0.25, 0.3) is 10.9 Å². The lowest BCUT2D eigenvalue weighted by Gasteiger charge is -2.46. The molecule has 2 aliphatic heterocycles. The molecule has 0 amide bonds. The molecular weight excluding hydrogens is 443 g/mol. The lowest BCUT2D eigenvalue weighted by Crippen LogP contribution is -2.43. The molecular formula is C29H29FN2O3. The summed E-state index contributed by atoms with van der Waals surface area (Å²) in [5.41, 5.74) is 7.21. The Labute approximate surface area is 204 Å². The van der Waals surface area contributed by atoms with E-state index in [0.29, 0.717) is 6.61 Å². The maximum Gasteiger partial charge on any atom is 0.161 e. The topological polar surface area (TPSA) is 46.7 Å². The number of ether oxygens (including phenoxy) is 3. The minimum absolute atomic E-state index is 0.00598. The monoisotopic (exact) mass is 472 g/mol. The molecule has 0 fully saturated rings. The SMILES string of the molecule is CCOc1cc2c(cc1OC)CCN1C2Cc2c([nH]c3ccc(OC)cc23)C1c1ccc(F)cc1. The van der Waals surface area contributed by atoms with Gasteiger partial charge in [0.25, 0.3) is 0 Å². The van der Waals surface area contributed by atoms with Crippen molar-refractivity contribution in [2.24, 2.45) is 0 Å². The summed E-state index contributed by atoms with van der Waals surface area (Å²) in [5.74, 6) is 2.18. The highest BCUT2D eigenvalue weighted by Gasteiger charge is 2.41. The van der Waals surface area contributed by atoms with Crippen LogP contribution in [0.2, 0.25) is 0 Å². The largest absolute Gasteiger partial charge is 0.497 e. The molecule has 3 heterocycles. The van der Waals surface area contributed by atoms with Crippen molar-refractivity contribution in [3.63, 3.8) is 0 Å². The Kier molecular flexibility index (Phi) is 5.41. The summed E-state index contributed by atoms with van der Waals surface area (Å²) >= 11 is 0. The van der Waals surface area contributed by atoms with E-state index in [-0.39, 0.29) is 17.9 Å². The molecule has 6 rings (SSSR count). The van der Waals surface area contributed by atoms with Crippen molar-refractivity contribution in [2.75, 3.05) is 27.4 Å². The Morgan fingerprint density at radius 3 is 2.57 bits per heavy atom. The second-order valence-electron chi connectivity index (χ2n) is 9.23. The molecule has 180 valence electrons. The Morgan fingerprint density at radius 1 is 1.00 bits per heavy atom. The second-order valence-corrected chi connectivity index (χ2v) is 9.23. The highest BCUT2D eigenvalue weighted by atomic mass is 19.1. The van der Waals surface area contributed by atoms with E-state index in [2.05, 4.69) is 34.1 Å². The summed E-state index contributed by atoms with van der Waals surface area (Å²) in [5, 5.41) is 1.18. The molecule has 3 aromatic carbocycles. The van der Waals surface area contributed by atoms with Gasteiger partial charge in [-0.1, -0.05) is 12.1 Å². The fourth-order valence-electron chi connectivity index (χ4n) is 5.88. The number of nitrogens with zero attached hydrogens (tertiary/aromatic N) is 1. The number of hydrogen-bond donors (Lipinski definition) is 1. The van der Waals surface area contributed by atoms with Crippen molar-refractivity contribution in [1.29, 1.82) is 0 Å². The van der Waals surface area contributed by atoms with E-state index in [1.54, 1.807) is 26.4 Å². The highest BCUT2D eigenvalue weighted by Crippen LogP contribution is 2.50. The lowest BCUT2D eigenvalue weighted by atomic mass is 9.80. The van der Waals surface area contributed by atoms with Gasteiger partial charge >= 0.3 is 0 Å². The summed E-state index contributed by atoms with van der Waals surface area (Å²) in [6.45, 7) is 3.46. The summed E-state index contributed by atoms with van der Waals surface area (Å²) in [7, 11) is 3.39. The molecule has 0 spiro atoms. The molecule has 0 aliphatic carbocycles. The summed E-state index contributed by atoms with van der Waals surface area (Å²) in [4.78, 5) is 6.25. The third-order valence-corrected chi connectivity index (χ3v) is 7.46. The van der Waals surface area contributed by atoms with Crippen molar-refractivity contribution < 1.29 is 18.6 Å². The molecule has 5 nitrogen and oxygen atoms in total. The van der Waals surface area contributed by atoms with E-state index < -0.39 is 0 Å². The quantitative estimate of drug-likeness (QED) is 0.389. The fourth-order valence-corrected chi connectivity index (χ4v) is 5.88. The molecule has 2 aliphatic rings. The number of hydrogen-bond acceptors (Lipinski definition) is 4. The van der Waals surface area contributed by atoms with Gasteiger partial charge in [0, 0.05) is 29.2 Å². The number of benzene rings is 3. The van der Waals surface area contributed by atoms with Crippen LogP contribution in [0, 0.1) is 5.82 Å². The fraction of sp³-hybridized carbons (Fsp3) is 0.310. The minimum atomic E-state index is -0.222. The lowest BCUT2D eigenvalue weighted by molar-refractivity contribution is 0.127. The number of methoxy groups -OCH3 is 2. The molecule has 0 radical (unpaired) electrons. The molecule has 2 unspecified atom stereocenters. The van der Waals surface area contributed by atoms with Gasteiger partial charge in [0.1, 0.15) is 11.6 Å². The van der Waals surface area contributed by atoms with Crippen LogP contribution < -0.4 is 14.2 Å². The number of rotatable bonds is 5. The first kappa shape index (κ1) is 22.0. The maximum absolute atomic E-state index is 13.9. The summed E-state index contributed by atoms with van der Waals surface area (Å²) < 4.78 is 31.0. The van der Waals surface area contributed by atoms with Crippen LogP contribution in [0.1, 0.15) is 47.0 Å². The summed E-state index contributed by atoms with van der Waals surface area (Å²) in [6, 6.07) is 17.6. The second kappa shape index (κ2) is 8.61. The maximum atomic E-state index is 13.9. The first-order valence-electron chi connectivity index (χ1n) is 12.1. The zero-order valence-corrected chi connectivity index (χ0v) is 20.2. The van der Waals surface area contributed by atoms with Crippen LogP contribution >= 0.6 is 0 Å². The molecule has 4 aromatic rings. The number of aromatic nitrogens is 1. The van der Waals surface area contributed by atoms with Gasteiger partial charge in [0.15, 0.2) is 11.5 Å². The van der Waals surface area contributed by atoms with Crippen LogP contribution in [0.4, 0.5) is 4.39 Å². The number of H-pyrrole nitrogens is 1. The normalized spacial score (nSPS) is 19.1. The van der Waals surface area contributed by atoms with E-state index >= 15 is 0 Å². The van der Waals surface area contributed by atoms with Gasteiger partial charge in [-0.15, -0.1) is 0 Å². The zero-order chi connectivity index (χ0) is 24.1. The minimum Gasteiger partial charge on any atom is -0.497 e. The molecule has 0 saturated heterocycles. The predicted octanol–water partition coefficient (Wildman–Crippen LogP) is 5.97. The van der Waals surface area contributed by atoms with Gasteiger partial charge in [-0.05, 0) is 84.5 Å². The Morgan fingerprint density at radius 2 is 1.83 bits per heavy atom. The van der Waals surface area contributed by atoms with Gasteiger partial charge in [-0.2, -0.15) is 0 Å². The number of fused-ring (bicyclic) bond motifs is 6. The Balaban J connectivity index is 1.55. The Hall–Kier alpha value is -3.51. The van der Waals surface area contributed by atoms with Crippen LogP contribution in [-0.4, -0.2) is 37.3 Å². The molecule has 6 heteroatoms. The van der Waals surface area contributed by atoms with Gasteiger partial charge in [0.05, 0.1) is 26.9 Å². The van der Waals surface area contributed by atoms with Crippen LogP contribution in [0.3, 0.4) is 0 Å². The zero-order valence-electron chi connectivity index (χ0n) is 20.2. The average Bonchev–Trinajstić information content (AvgIpc) is 3.25. The highest BCUT2D eigenvalue weighted by molar-refractivity contribution is 5.87. The van der Waals surface area contributed by atoms with Crippen molar-refractivity contribution in [3.8, 4) is 17.2 Å². The van der Waals surface area contributed by atoms with E-state index in [0.717, 1.165) is 47.7 Å². The van der Waals surface area contributed by atoms with Crippen LogP contribution in [0.15, 0.2) is 54.6 Å². The van der Waals surface area contributed by atoms with Crippen molar-refractivity contribution >= 4 is 10.9 Å². The predicted molar refractivity (Wildman–Crippen MR) is 134 cm³/mol. The van der Waals surface area contributed by atoms with Gasteiger partial charge in [0.2, 0.25) is 0 Å². The molecule has 0 saturated carbocycles. The van der Waals surface area contributed by atoms with Gasteiger partial charge in [-0.3, -0.25) is 4.90 Å². The first-order valence-corrected chi connectivity index (χ1v) is 12.1. The molecule has 0 bridgehead atoms. The van der Waals surface area contributed by atoms with E-state index in [4.69, 9.17) is 14.2 Å². The molecule has 1 aromatic heterocycles. The van der Waals surface area contributed by atoms with Crippen molar-refractivity contribution in [2.45, 2.75) is 31.8 Å². The number of halogens is 1. The van der Waals surface area contributed by atoms with Crippen LogP contribution in [0.5, 0.6) is 17.2 Å². The third kappa shape index (κ3) is 3.55. The van der Waals surface area contributed by atoms with Gasteiger partial charge in [-0.25, -0.2) is 4.39 Å². The van der Waals surface area contributed by atoms with Crippen molar-refractivity contribution in [1.82, 2.24) is 9.88 Å². The molecule has 35 heavy (non-hydrogen) atoms. The summed E-state index contributed by atoms with van der Waals surface area (Å²) in [6.07, 6.45) is 1.78. The molecule has 2 atom stereocenters. The van der Waals surface area contributed by atoms with E-state index in [1.807, 2.05) is 25.1 Å². The number of nitrogens with one attached hydrogen (secondary N) is 1. The number of aromatic amines is 1. The molecule has 1 N–H and O–H groups in total. The average molecular weight is 473 g/mol. The smallest absolute Gasteiger partial charge is 0.161 e. The van der Waals surface area contributed by atoms with Gasteiger partial charge < -0.3 is 19.2 Å². The third-order valence-electron chi connectivity index (χ3n) is 7.46. The van der Waals surface area contributed by atoms with E-state index in [1.165, 1.54) is 27.8 Å². The van der Waals surface area contributed by atoms with E-state index in [9.17, 15) is 4.39 Å². The van der Waals surface area contributed by atoms with Crippen molar-refractivity contribution in [3.05, 3.63) is 88.4 Å².